The Morgan fingerprint density at radius 3 is 1.71 bits per heavy atom. The molecule has 6 fully saturated rings. The maximum absolute atomic E-state index is 14.5. The van der Waals surface area contributed by atoms with Gasteiger partial charge in [-0.1, -0.05) is 52.5 Å². The average Bonchev–Trinajstić information content (AvgIpc) is 4.31. The molecule has 4 saturated heterocycles. The van der Waals surface area contributed by atoms with Crippen LogP contribution in [0.15, 0.2) is 36.9 Å². The molecule has 18 heteroatoms. The van der Waals surface area contributed by atoms with E-state index in [1.54, 1.807) is 28.4 Å². The molecule has 408 valence electrons. The van der Waals surface area contributed by atoms with Crippen molar-refractivity contribution in [1.29, 1.82) is 0 Å². The zero-order valence-electron chi connectivity index (χ0n) is 44.2. The van der Waals surface area contributed by atoms with E-state index in [-0.39, 0.29) is 80.8 Å². The predicted octanol–water partition coefficient (Wildman–Crippen LogP) is 5.60. The van der Waals surface area contributed by atoms with E-state index in [4.69, 9.17) is 71.1 Å². The third-order valence-corrected chi connectivity index (χ3v) is 16.2. The summed E-state index contributed by atoms with van der Waals surface area (Å²) in [6.07, 6.45) is -3.40. The fourth-order valence-electron chi connectivity index (χ4n) is 11.3. The Morgan fingerprint density at radius 2 is 1.18 bits per heavy atom. The molecule has 1 aromatic carbocycles. The van der Waals surface area contributed by atoms with E-state index in [0.29, 0.717) is 50.0 Å². The van der Waals surface area contributed by atoms with Crippen LogP contribution in [0.5, 0.6) is 5.75 Å². The molecule has 0 unspecified atom stereocenters. The zero-order chi connectivity index (χ0) is 51.6. The molecule has 1 N–H and O–H groups in total. The first-order chi connectivity index (χ1) is 34.7. The summed E-state index contributed by atoms with van der Waals surface area (Å²) >= 11 is 0. The second-order valence-electron chi connectivity index (χ2n) is 21.0. The van der Waals surface area contributed by atoms with E-state index in [9.17, 15) is 14.7 Å². The molecule has 1 aromatic rings. The van der Waals surface area contributed by atoms with Gasteiger partial charge >= 0.3 is 11.9 Å². The van der Waals surface area contributed by atoms with Gasteiger partial charge in [-0.2, -0.15) is 0 Å². The van der Waals surface area contributed by atoms with Gasteiger partial charge in [0.15, 0.2) is 12.6 Å². The van der Waals surface area contributed by atoms with Crippen molar-refractivity contribution in [3.63, 3.8) is 0 Å². The summed E-state index contributed by atoms with van der Waals surface area (Å²) in [5, 5.41) is 11.3. The fourth-order valence-corrected chi connectivity index (χ4v) is 11.3. The maximum Gasteiger partial charge on any atom is 0.308 e. The molecule has 0 radical (unpaired) electrons. The molecule has 22 atom stereocenters. The molecular formula is C54H84O18. The van der Waals surface area contributed by atoms with Crippen molar-refractivity contribution in [2.75, 3.05) is 62.5 Å². The highest BCUT2D eigenvalue weighted by molar-refractivity contribution is 5.70. The summed E-state index contributed by atoms with van der Waals surface area (Å²) in [7, 11) is 9.55. The van der Waals surface area contributed by atoms with Crippen LogP contribution >= 0.6 is 0 Å². The maximum atomic E-state index is 14.5. The normalized spacial score (nSPS) is 39.6. The number of methoxy groups -OCH3 is 6. The largest absolute Gasteiger partial charge is 0.497 e. The third kappa shape index (κ3) is 14.6. The van der Waals surface area contributed by atoms with E-state index >= 15 is 0 Å². The van der Waals surface area contributed by atoms with Crippen molar-refractivity contribution < 1.29 is 85.7 Å². The Hall–Kier alpha value is -2.82. The molecular weight excluding hydrogens is 937 g/mol. The summed E-state index contributed by atoms with van der Waals surface area (Å²) in [6.45, 7) is 13.0. The van der Waals surface area contributed by atoms with Gasteiger partial charge < -0.3 is 76.2 Å². The third-order valence-electron chi connectivity index (χ3n) is 16.2. The van der Waals surface area contributed by atoms with Crippen LogP contribution < -0.4 is 4.74 Å². The summed E-state index contributed by atoms with van der Waals surface area (Å²) in [5.74, 6) is 0.764. The van der Waals surface area contributed by atoms with E-state index in [2.05, 4.69) is 20.4 Å². The van der Waals surface area contributed by atoms with Crippen molar-refractivity contribution in [1.82, 2.24) is 0 Å². The van der Waals surface area contributed by atoms with Gasteiger partial charge in [0.2, 0.25) is 0 Å². The van der Waals surface area contributed by atoms with Crippen molar-refractivity contribution in [2.45, 2.75) is 184 Å². The molecule has 0 amide bonds. The van der Waals surface area contributed by atoms with Crippen LogP contribution in [0.25, 0.3) is 0 Å². The monoisotopic (exact) mass is 1020 g/mol. The van der Waals surface area contributed by atoms with Crippen molar-refractivity contribution in [3.05, 3.63) is 42.5 Å². The van der Waals surface area contributed by atoms with Crippen LogP contribution in [0.2, 0.25) is 0 Å². The average molecular weight is 1020 g/mol. The van der Waals surface area contributed by atoms with Crippen LogP contribution in [0.4, 0.5) is 0 Å². The lowest BCUT2D eigenvalue weighted by Gasteiger charge is -2.45. The number of benzene rings is 1. The van der Waals surface area contributed by atoms with Crippen LogP contribution in [0.3, 0.4) is 0 Å². The molecule has 4 heterocycles. The SMILES string of the molecule is C=CCOC(=O)C[C@@H]1O[C@H](C[C@H](OC(=O)C[C@@H]2O[C@H](C[C@H](OCc3ccc(OC)cc3)[C@@H]3C[C@H]3C)C[C@H](O[C@@H]3OC[C@@H](OC)[C@H](OC)[C@H]3OC)[C@H]2C)[C@@H]2C[C@H]2C)C[C@H](O[C@@H]2OC[C@@H](OC)[C@H](OC)[C@H]2O)[C@H]1C. The molecule has 6 aliphatic rings. The van der Waals surface area contributed by atoms with Gasteiger partial charge in [0, 0.05) is 73.1 Å². The Morgan fingerprint density at radius 1 is 0.667 bits per heavy atom. The molecule has 2 saturated carbocycles. The number of carbonyl (C=O) groups is 2. The highest BCUT2D eigenvalue weighted by atomic mass is 16.7. The number of carbonyl (C=O) groups excluding carboxylic acids is 2. The lowest BCUT2D eigenvalue weighted by Crippen LogP contribution is -2.58. The van der Waals surface area contributed by atoms with Crippen molar-refractivity contribution >= 4 is 11.9 Å². The van der Waals surface area contributed by atoms with Crippen LogP contribution in [-0.2, 0) is 82.5 Å². The Bertz CT molecular complexity index is 1840. The minimum atomic E-state index is -1.13. The quantitative estimate of drug-likeness (QED) is 0.0890. The van der Waals surface area contributed by atoms with E-state index in [1.165, 1.54) is 20.3 Å². The first kappa shape index (κ1) is 56.9. The van der Waals surface area contributed by atoms with Gasteiger partial charge in [-0.25, -0.2) is 0 Å². The van der Waals surface area contributed by atoms with Crippen LogP contribution in [0, 0.1) is 35.5 Å². The van der Waals surface area contributed by atoms with Gasteiger partial charge in [-0.3, -0.25) is 9.59 Å². The van der Waals surface area contributed by atoms with Crippen LogP contribution in [-0.4, -0.2) is 178 Å². The molecule has 7 rings (SSSR count). The minimum absolute atomic E-state index is 0.00981. The summed E-state index contributed by atoms with van der Waals surface area (Å²) in [6, 6.07) is 7.91. The fraction of sp³-hybridized carbons (Fsp3) is 0.815. The Labute approximate surface area is 426 Å². The topological polar surface area (TPSA) is 193 Å². The van der Waals surface area contributed by atoms with E-state index in [1.807, 2.05) is 38.1 Å². The van der Waals surface area contributed by atoms with E-state index < -0.39 is 79.6 Å². The number of hydrogen-bond donors (Lipinski definition) is 1. The number of esters is 2. The first-order valence-corrected chi connectivity index (χ1v) is 26.1. The molecule has 4 aliphatic heterocycles. The number of ether oxygens (including phenoxy) is 15. The van der Waals surface area contributed by atoms with Crippen molar-refractivity contribution in [3.8, 4) is 5.75 Å². The number of aliphatic hydroxyl groups excluding tert-OH is 1. The number of hydrogen-bond acceptors (Lipinski definition) is 18. The highest BCUT2D eigenvalue weighted by Gasteiger charge is 2.51. The lowest BCUT2D eigenvalue weighted by atomic mass is 9.86. The standard InChI is InChI=1S/C54H84O18/c1-12-17-64-47(55)24-41-31(4)39(71-53-49(57)50(61-9)45(59-7)27-66-53)21-36(69-41)23-44(38-19-30(38)3)70-48(56)25-42-32(5)40(72-54-52(63-11)51(62-10)46(60-8)28-67-54)20-35(68-42)22-43(37-18-29(37)2)65-26-33-13-15-34(58-6)16-14-33/h12-16,29-32,35-46,49-54,57H,1,17-28H2,2-11H3/t29-,30-,31-,32-,35+,36+,37-,38-,39+,40+,41+,42+,43+,44+,45-,46-,49-,50+,51+,52-,53+,54+/m1/s1. The summed E-state index contributed by atoms with van der Waals surface area (Å²) in [4.78, 5) is 27.5. The van der Waals surface area contributed by atoms with Gasteiger partial charge in [-0.05, 0) is 54.2 Å². The van der Waals surface area contributed by atoms with Gasteiger partial charge in [0.1, 0.15) is 55.1 Å². The molecule has 0 spiro atoms. The van der Waals surface area contributed by atoms with Crippen LogP contribution in [0.1, 0.15) is 84.6 Å². The predicted molar refractivity (Wildman–Crippen MR) is 260 cm³/mol. The smallest absolute Gasteiger partial charge is 0.308 e. The Kier molecular flexibility index (Phi) is 21.2. The summed E-state index contributed by atoms with van der Waals surface area (Å²) in [5.41, 5.74) is 1.05. The minimum Gasteiger partial charge on any atom is -0.497 e. The Balaban J connectivity index is 1.07. The summed E-state index contributed by atoms with van der Waals surface area (Å²) < 4.78 is 91.8. The van der Waals surface area contributed by atoms with Crippen molar-refractivity contribution in [2.24, 2.45) is 35.5 Å². The molecule has 0 bridgehead atoms. The molecule has 72 heavy (non-hydrogen) atoms. The zero-order valence-corrected chi connectivity index (χ0v) is 44.2. The molecule has 18 nitrogen and oxygen atoms in total. The van der Waals surface area contributed by atoms with E-state index in [0.717, 1.165) is 24.2 Å². The molecule has 2 aliphatic carbocycles. The van der Waals surface area contributed by atoms with Gasteiger partial charge in [0.05, 0.1) is 82.5 Å². The molecule has 0 aromatic heterocycles. The number of rotatable bonds is 26. The van der Waals surface area contributed by atoms with Gasteiger partial charge in [-0.15, -0.1) is 0 Å². The van der Waals surface area contributed by atoms with Gasteiger partial charge in [0.25, 0.3) is 0 Å². The lowest BCUT2D eigenvalue weighted by molar-refractivity contribution is -0.309. The second kappa shape index (κ2) is 26.8. The number of aliphatic hydroxyl groups is 1. The second-order valence-corrected chi connectivity index (χ2v) is 21.0. The first-order valence-electron chi connectivity index (χ1n) is 26.1. The highest BCUT2D eigenvalue weighted by Crippen LogP contribution is 2.47.